The Balaban J connectivity index is 2.02. The number of nitrogens with zero attached hydrogens (tertiary/aromatic N) is 2. The van der Waals surface area contributed by atoms with Gasteiger partial charge in [0.2, 0.25) is 11.7 Å². The Labute approximate surface area is 102 Å². The van der Waals surface area contributed by atoms with Gasteiger partial charge in [0.1, 0.15) is 0 Å². The number of hydrogen-bond acceptors (Lipinski definition) is 4. The zero-order chi connectivity index (χ0) is 12.3. The van der Waals surface area contributed by atoms with Crippen molar-refractivity contribution in [3.05, 3.63) is 40.8 Å². The van der Waals surface area contributed by atoms with Gasteiger partial charge in [-0.1, -0.05) is 23.7 Å². The third kappa shape index (κ3) is 2.94. The van der Waals surface area contributed by atoms with Crippen molar-refractivity contribution in [2.24, 2.45) is 0 Å². The van der Waals surface area contributed by atoms with Crippen molar-refractivity contribution in [1.82, 2.24) is 10.1 Å². The normalized spacial score (nSPS) is 10.5. The highest BCUT2D eigenvalue weighted by Gasteiger charge is 2.08. The van der Waals surface area contributed by atoms with Crippen molar-refractivity contribution >= 4 is 11.6 Å². The Bertz CT molecular complexity index is 516. The lowest BCUT2D eigenvalue weighted by molar-refractivity contribution is 0.272. The molecule has 0 radical (unpaired) electrons. The van der Waals surface area contributed by atoms with Crippen LogP contribution in [0.3, 0.4) is 0 Å². The van der Waals surface area contributed by atoms with Crippen LogP contribution in [0.1, 0.15) is 18.6 Å². The number of ether oxygens (including phenoxy) is 1. The standard InChI is InChI=1S/C11H10ClFN2O2/c1-2-11-14-10(15-17-11)6-16-9-4-3-7(12)5-8(9)13/h3-5H,2,6H2,1H3. The lowest BCUT2D eigenvalue weighted by Gasteiger charge is -2.04. The molecule has 0 saturated heterocycles. The first-order valence-corrected chi connectivity index (χ1v) is 5.46. The SMILES string of the molecule is CCc1nc(COc2ccc(Cl)cc2F)no1. The van der Waals surface area contributed by atoms with Crippen molar-refractivity contribution in [2.45, 2.75) is 20.0 Å². The third-order valence-corrected chi connectivity index (χ3v) is 2.30. The molecule has 17 heavy (non-hydrogen) atoms. The zero-order valence-corrected chi connectivity index (χ0v) is 9.87. The van der Waals surface area contributed by atoms with Gasteiger partial charge < -0.3 is 9.26 Å². The first-order chi connectivity index (χ1) is 8.19. The van der Waals surface area contributed by atoms with Crippen LogP contribution in [0.4, 0.5) is 4.39 Å². The van der Waals surface area contributed by atoms with Crippen molar-refractivity contribution in [3.8, 4) is 5.75 Å². The van der Waals surface area contributed by atoms with Crippen LogP contribution in [-0.4, -0.2) is 10.1 Å². The first-order valence-electron chi connectivity index (χ1n) is 5.08. The van der Waals surface area contributed by atoms with E-state index in [0.717, 1.165) is 0 Å². The van der Waals surface area contributed by atoms with E-state index >= 15 is 0 Å². The molecule has 0 unspecified atom stereocenters. The predicted octanol–water partition coefficient (Wildman–Crippen LogP) is 3.00. The molecule has 2 aromatic rings. The summed E-state index contributed by atoms with van der Waals surface area (Å²) in [5, 5.41) is 4.01. The molecule has 0 N–H and O–H groups in total. The van der Waals surface area contributed by atoms with E-state index in [0.29, 0.717) is 23.2 Å². The van der Waals surface area contributed by atoms with Gasteiger partial charge in [-0.05, 0) is 18.2 Å². The molecule has 0 atom stereocenters. The molecule has 0 saturated carbocycles. The second-order valence-electron chi connectivity index (χ2n) is 3.32. The highest BCUT2D eigenvalue weighted by atomic mass is 35.5. The lowest BCUT2D eigenvalue weighted by atomic mass is 10.3. The Hall–Kier alpha value is -1.62. The van der Waals surface area contributed by atoms with Crippen molar-refractivity contribution in [1.29, 1.82) is 0 Å². The predicted molar refractivity (Wildman–Crippen MR) is 59.4 cm³/mol. The van der Waals surface area contributed by atoms with Gasteiger partial charge in [-0.25, -0.2) is 4.39 Å². The van der Waals surface area contributed by atoms with Crippen LogP contribution in [0.25, 0.3) is 0 Å². The van der Waals surface area contributed by atoms with Gasteiger partial charge in [0.05, 0.1) is 0 Å². The summed E-state index contributed by atoms with van der Waals surface area (Å²) in [6.07, 6.45) is 0.655. The molecule has 1 aromatic carbocycles. The summed E-state index contributed by atoms with van der Waals surface area (Å²) in [6, 6.07) is 4.19. The second-order valence-corrected chi connectivity index (χ2v) is 3.76. The fourth-order valence-electron chi connectivity index (χ4n) is 1.23. The van der Waals surface area contributed by atoms with Crippen LogP contribution < -0.4 is 4.74 Å². The van der Waals surface area contributed by atoms with E-state index in [1.54, 1.807) is 6.07 Å². The van der Waals surface area contributed by atoms with Gasteiger partial charge in [-0.2, -0.15) is 4.98 Å². The highest BCUT2D eigenvalue weighted by Crippen LogP contribution is 2.21. The molecule has 0 amide bonds. The van der Waals surface area contributed by atoms with E-state index < -0.39 is 5.82 Å². The lowest BCUT2D eigenvalue weighted by Crippen LogP contribution is -1.99. The quantitative estimate of drug-likeness (QED) is 0.844. The van der Waals surface area contributed by atoms with Gasteiger partial charge in [0.15, 0.2) is 18.2 Å². The number of hydrogen-bond donors (Lipinski definition) is 0. The highest BCUT2D eigenvalue weighted by molar-refractivity contribution is 6.30. The molecule has 0 aliphatic carbocycles. The van der Waals surface area contributed by atoms with E-state index in [4.69, 9.17) is 20.9 Å². The van der Waals surface area contributed by atoms with E-state index in [-0.39, 0.29) is 12.4 Å². The van der Waals surface area contributed by atoms with Crippen LogP contribution in [0.5, 0.6) is 5.75 Å². The maximum absolute atomic E-state index is 13.4. The summed E-state index contributed by atoms with van der Waals surface area (Å²) < 4.78 is 23.5. The molecule has 0 spiro atoms. The summed E-state index contributed by atoms with van der Waals surface area (Å²) in [4.78, 5) is 4.04. The summed E-state index contributed by atoms with van der Waals surface area (Å²) in [5.41, 5.74) is 0. The fraction of sp³-hybridized carbons (Fsp3) is 0.273. The molecule has 1 heterocycles. The molecular formula is C11H10ClFN2O2. The van der Waals surface area contributed by atoms with Gasteiger partial charge in [0, 0.05) is 11.4 Å². The Morgan fingerprint density at radius 2 is 2.29 bits per heavy atom. The van der Waals surface area contributed by atoms with Gasteiger partial charge in [0.25, 0.3) is 0 Å². The number of halogens is 2. The van der Waals surface area contributed by atoms with Crippen LogP contribution in [0.15, 0.2) is 22.7 Å². The maximum atomic E-state index is 13.4. The Morgan fingerprint density at radius 3 is 2.94 bits per heavy atom. The van der Waals surface area contributed by atoms with Crippen molar-refractivity contribution in [2.75, 3.05) is 0 Å². The summed E-state index contributed by atoms with van der Waals surface area (Å²) in [7, 11) is 0. The molecule has 4 nitrogen and oxygen atoms in total. The number of benzene rings is 1. The monoisotopic (exact) mass is 256 g/mol. The van der Waals surface area contributed by atoms with Gasteiger partial charge >= 0.3 is 0 Å². The molecule has 0 aliphatic rings. The third-order valence-electron chi connectivity index (χ3n) is 2.06. The van der Waals surface area contributed by atoms with Gasteiger partial charge in [-0.15, -0.1) is 0 Å². The molecule has 2 rings (SSSR count). The Kier molecular flexibility index (Phi) is 3.58. The van der Waals surface area contributed by atoms with Crippen LogP contribution in [-0.2, 0) is 13.0 Å². The number of aromatic nitrogens is 2. The molecule has 0 aliphatic heterocycles. The zero-order valence-electron chi connectivity index (χ0n) is 9.11. The first kappa shape index (κ1) is 11.9. The molecular weight excluding hydrogens is 247 g/mol. The average Bonchev–Trinajstić information content (AvgIpc) is 2.76. The summed E-state index contributed by atoms with van der Waals surface area (Å²) >= 11 is 5.62. The number of rotatable bonds is 4. The Morgan fingerprint density at radius 1 is 1.47 bits per heavy atom. The fourth-order valence-corrected chi connectivity index (χ4v) is 1.39. The minimum atomic E-state index is -0.517. The second kappa shape index (κ2) is 5.14. The minimum Gasteiger partial charge on any atom is -0.482 e. The van der Waals surface area contributed by atoms with Crippen LogP contribution in [0, 0.1) is 5.82 Å². The van der Waals surface area contributed by atoms with E-state index in [9.17, 15) is 4.39 Å². The molecule has 0 fully saturated rings. The topological polar surface area (TPSA) is 48.2 Å². The molecule has 6 heteroatoms. The molecule has 0 bridgehead atoms. The smallest absolute Gasteiger partial charge is 0.226 e. The summed E-state index contributed by atoms with van der Waals surface area (Å²) in [6.45, 7) is 1.96. The van der Waals surface area contributed by atoms with Crippen LogP contribution >= 0.6 is 11.6 Å². The van der Waals surface area contributed by atoms with E-state index in [1.165, 1.54) is 12.1 Å². The van der Waals surface area contributed by atoms with Crippen molar-refractivity contribution < 1.29 is 13.7 Å². The minimum absolute atomic E-state index is 0.0576. The average molecular weight is 257 g/mol. The van der Waals surface area contributed by atoms with E-state index in [2.05, 4.69) is 10.1 Å². The van der Waals surface area contributed by atoms with Crippen molar-refractivity contribution in [3.63, 3.8) is 0 Å². The molecule has 90 valence electrons. The maximum Gasteiger partial charge on any atom is 0.226 e. The molecule has 1 aromatic heterocycles. The van der Waals surface area contributed by atoms with Crippen LogP contribution in [0.2, 0.25) is 5.02 Å². The van der Waals surface area contributed by atoms with E-state index in [1.807, 2.05) is 6.92 Å². The summed E-state index contributed by atoms with van der Waals surface area (Å²) in [5.74, 6) is 0.505. The number of aryl methyl sites for hydroxylation is 1. The largest absolute Gasteiger partial charge is 0.482 e. The van der Waals surface area contributed by atoms with Gasteiger partial charge in [-0.3, -0.25) is 0 Å².